The molecule has 18 heavy (non-hydrogen) atoms. The summed E-state index contributed by atoms with van der Waals surface area (Å²) in [5.74, 6) is 1.37. The SMILES string of the molecule is NC1(Cc2nc(C3CCCO3)no2)CCCCC1. The second kappa shape index (κ2) is 4.97. The highest BCUT2D eigenvalue weighted by Gasteiger charge is 2.31. The van der Waals surface area contributed by atoms with Gasteiger partial charge in [0.2, 0.25) is 11.7 Å². The third kappa shape index (κ3) is 2.57. The van der Waals surface area contributed by atoms with E-state index in [9.17, 15) is 0 Å². The fourth-order valence-electron chi connectivity index (χ4n) is 2.99. The first-order chi connectivity index (χ1) is 8.75. The normalized spacial score (nSPS) is 27.5. The highest BCUT2D eigenvalue weighted by molar-refractivity contribution is 4.99. The molecule has 2 fully saturated rings. The van der Waals surface area contributed by atoms with Gasteiger partial charge in [-0.3, -0.25) is 0 Å². The average molecular weight is 251 g/mol. The number of hydrogen-bond acceptors (Lipinski definition) is 5. The lowest BCUT2D eigenvalue weighted by molar-refractivity contribution is 0.103. The first-order valence-electron chi connectivity index (χ1n) is 6.98. The van der Waals surface area contributed by atoms with Gasteiger partial charge in [0.1, 0.15) is 6.10 Å². The monoisotopic (exact) mass is 251 g/mol. The van der Waals surface area contributed by atoms with Crippen molar-refractivity contribution in [3.63, 3.8) is 0 Å². The molecule has 1 saturated heterocycles. The molecule has 0 radical (unpaired) electrons. The van der Waals surface area contributed by atoms with Gasteiger partial charge in [-0.25, -0.2) is 0 Å². The number of nitrogens with zero attached hydrogens (tertiary/aromatic N) is 2. The van der Waals surface area contributed by atoms with Crippen molar-refractivity contribution in [1.82, 2.24) is 10.1 Å². The van der Waals surface area contributed by atoms with Crippen LogP contribution in [0.1, 0.15) is 62.8 Å². The predicted octanol–water partition coefficient (Wildman–Crippen LogP) is 2.13. The van der Waals surface area contributed by atoms with E-state index < -0.39 is 0 Å². The predicted molar refractivity (Wildman–Crippen MR) is 65.9 cm³/mol. The maximum Gasteiger partial charge on any atom is 0.228 e. The second-order valence-corrected chi connectivity index (χ2v) is 5.65. The van der Waals surface area contributed by atoms with Gasteiger partial charge in [0.25, 0.3) is 0 Å². The molecular weight excluding hydrogens is 230 g/mol. The Bertz CT molecular complexity index is 393. The zero-order valence-electron chi connectivity index (χ0n) is 10.7. The molecule has 2 aliphatic rings. The molecule has 0 bridgehead atoms. The molecule has 2 heterocycles. The summed E-state index contributed by atoms with van der Waals surface area (Å²) in [5.41, 5.74) is 6.25. The van der Waals surface area contributed by atoms with E-state index in [-0.39, 0.29) is 11.6 Å². The third-order valence-electron chi connectivity index (χ3n) is 4.05. The molecule has 0 aromatic carbocycles. The Balaban J connectivity index is 1.65. The molecule has 0 amide bonds. The summed E-state index contributed by atoms with van der Waals surface area (Å²) in [6, 6.07) is 0. The summed E-state index contributed by atoms with van der Waals surface area (Å²) < 4.78 is 10.9. The summed E-state index contributed by atoms with van der Waals surface area (Å²) in [4.78, 5) is 4.45. The van der Waals surface area contributed by atoms with Crippen LogP contribution in [0.4, 0.5) is 0 Å². The molecule has 1 saturated carbocycles. The van der Waals surface area contributed by atoms with E-state index in [1.165, 1.54) is 19.3 Å². The van der Waals surface area contributed by atoms with Crippen LogP contribution in [-0.4, -0.2) is 22.3 Å². The van der Waals surface area contributed by atoms with Gasteiger partial charge in [-0.1, -0.05) is 24.4 Å². The van der Waals surface area contributed by atoms with E-state index in [0.29, 0.717) is 18.1 Å². The molecular formula is C13H21N3O2. The fourth-order valence-corrected chi connectivity index (χ4v) is 2.99. The molecule has 100 valence electrons. The first kappa shape index (κ1) is 12.1. The van der Waals surface area contributed by atoms with E-state index in [0.717, 1.165) is 32.3 Å². The topological polar surface area (TPSA) is 74.2 Å². The van der Waals surface area contributed by atoms with Crippen LogP contribution in [0.3, 0.4) is 0 Å². The molecule has 2 N–H and O–H groups in total. The van der Waals surface area contributed by atoms with Gasteiger partial charge in [-0.2, -0.15) is 4.98 Å². The molecule has 1 aliphatic carbocycles. The minimum absolute atomic E-state index is 0.0302. The van der Waals surface area contributed by atoms with Gasteiger partial charge >= 0.3 is 0 Å². The smallest absolute Gasteiger partial charge is 0.228 e. The number of ether oxygens (including phenoxy) is 1. The standard InChI is InChI=1S/C13H21N3O2/c14-13(6-2-1-3-7-13)9-11-15-12(16-18-11)10-5-4-8-17-10/h10H,1-9,14H2. The minimum atomic E-state index is -0.140. The fraction of sp³-hybridized carbons (Fsp3) is 0.846. The number of nitrogens with two attached hydrogens (primary N) is 1. The van der Waals surface area contributed by atoms with Crippen LogP contribution in [0.2, 0.25) is 0 Å². The first-order valence-corrected chi connectivity index (χ1v) is 6.98. The summed E-state index contributed by atoms with van der Waals surface area (Å²) in [6.07, 6.45) is 8.64. The van der Waals surface area contributed by atoms with Crippen LogP contribution in [-0.2, 0) is 11.2 Å². The summed E-state index contributed by atoms with van der Waals surface area (Å²) >= 11 is 0. The molecule has 5 heteroatoms. The largest absolute Gasteiger partial charge is 0.370 e. The average Bonchev–Trinajstić information content (AvgIpc) is 2.99. The number of hydrogen-bond donors (Lipinski definition) is 1. The van der Waals surface area contributed by atoms with E-state index in [2.05, 4.69) is 10.1 Å². The Labute approximate surface area is 107 Å². The lowest BCUT2D eigenvalue weighted by Crippen LogP contribution is -2.43. The zero-order chi connectivity index (χ0) is 12.4. The summed E-state index contributed by atoms with van der Waals surface area (Å²) in [6.45, 7) is 0.801. The molecule has 1 unspecified atom stereocenters. The number of aromatic nitrogens is 2. The molecule has 1 atom stereocenters. The molecule has 1 aliphatic heterocycles. The van der Waals surface area contributed by atoms with Gasteiger partial charge in [-0.15, -0.1) is 0 Å². The maximum atomic E-state index is 6.39. The Morgan fingerprint density at radius 3 is 2.78 bits per heavy atom. The minimum Gasteiger partial charge on any atom is -0.370 e. The van der Waals surface area contributed by atoms with Gasteiger partial charge in [0.05, 0.1) is 0 Å². The van der Waals surface area contributed by atoms with E-state index >= 15 is 0 Å². The quantitative estimate of drug-likeness (QED) is 0.890. The molecule has 0 spiro atoms. The van der Waals surface area contributed by atoms with Gasteiger partial charge < -0.3 is 15.0 Å². The molecule has 5 nitrogen and oxygen atoms in total. The van der Waals surface area contributed by atoms with Crippen molar-refractivity contribution in [3.8, 4) is 0 Å². The van der Waals surface area contributed by atoms with Gasteiger partial charge in [0.15, 0.2) is 0 Å². The molecule has 3 rings (SSSR count). The van der Waals surface area contributed by atoms with E-state index in [4.69, 9.17) is 15.0 Å². The summed E-state index contributed by atoms with van der Waals surface area (Å²) in [7, 11) is 0. The number of rotatable bonds is 3. The summed E-state index contributed by atoms with van der Waals surface area (Å²) in [5, 5.41) is 4.03. The Hall–Kier alpha value is -0.940. The highest BCUT2D eigenvalue weighted by Crippen LogP contribution is 2.30. The van der Waals surface area contributed by atoms with Gasteiger partial charge in [0, 0.05) is 18.6 Å². The Kier molecular flexibility index (Phi) is 3.35. The van der Waals surface area contributed by atoms with Crippen molar-refractivity contribution in [1.29, 1.82) is 0 Å². The van der Waals surface area contributed by atoms with Gasteiger partial charge in [-0.05, 0) is 25.7 Å². The van der Waals surface area contributed by atoms with Crippen LogP contribution < -0.4 is 5.73 Å². The lowest BCUT2D eigenvalue weighted by atomic mass is 9.80. The second-order valence-electron chi connectivity index (χ2n) is 5.65. The van der Waals surface area contributed by atoms with Crippen LogP contribution in [0, 0.1) is 0 Å². The Morgan fingerprint density at radius 2 is 2.06 bits per heavy atom. The van der Waals surface area contributed by atoms with Crippen molar-refractivity contribution >= 4 is 0 Å². The maximum absolute atomic E-state index is 6.39. The van der Waals surface area contributed by atoms with Crippen molar-refractivity contribution in [2.75, 3.05) is 6.61 Å². The van der Waals surface area contributed by atoms with E-state index in [1.54, 1.807) is 0 Å². The van der Waals surface area contributed by atoms with Crippen LogP contribution in [0.15, 0.2) is 4.52 Å². The molecule has 1 aromatic heterocycles. The van der Waals surface area contributed by atoms with Crippen LogP contribution >= 0.6 is 0 Å². The zero-order valence-corrected chi connectivity index (χ0v) is 10.7. The van der Waals surface area contributed by atoms with Crippen LogP contribution in [0.25, 0.3) is 0 Å². The lowest BCUT2D eigenvalue weighted by Gasteiger charge is -2.31. The Morgan fingerprint density at radius 1 is 1.22 bits per heavy atom. The van der Waals surface area contributed by atoms with E-state index in [1.807, 2.05) is 0 Å². The van der Waals surface area contributed by atoms with Crippen molar-refractivity contribution < 1.29 is 9.26 Å². The van der Waals surface area contributed by atoms with Crippen molar-refractivity contribution in [3.05, 3.63) is 11.7 Å². The van der Waals surface area contributed by atoms with Crippen LogP contribution in [0.5, 0.6) is 0 Å². The third-order valence-corrected chi connectivity index (χ3v) is 4.05. The van der Waals surface area contributed by atoms with Crippen molar-refractivity contribution in [2.24, 2.45) is 5.73 Å². The van der Waals surface area contributed by atoms with Crippen molar-refractivity contribution in [2.45, 2.75) is 63.0 Å². The molecule has 1 aromatic rings. The highest BCUT2D eigenvalue weighted by atomic mass is 16.5.